The zero-order valence-electron chi connectivity index (χ0n) is 30.9. The standard InChI is InChI=1S/C42H47N7O5/c1-26(53-2)38(48-42(52)54-3)41(51)49-22-6-10-37(49)39-44-25-36(47-39)31-17-13-29(14-18-31)28-11-15-30(16-12-28)34-19-20-35(46-34)32-8-4-9-33(32)40(50)45-24-27-7-5-21-43-23-27/h5,7,11-21,23,25-26,32-33,37-38,46H,4,6,8-10,22,24H2,1-3H3,(H,44,47)(H,45,50)(H,48,52)/t26-,32?,33?,37+,38+/m1/s1. The minimum Gasteiger partial charge on any atom is -0.453 e. The zero-order chi connectivity index (χ0) is 37.6. The van der Waals surface area contributed by atoms with Gasteiger partial charge >= 0.3 is 6.09 Å². The van der Waals surface area contributed by atoms with Gasteiger partial charge < -0.3 is 35.0 Å². The number of benzene rings is 2. The first kappa shape index (κ1) is 36.6. The summed E-state index contributed by atoms with van der Waals surface area (Å²) in [6.45, 7) is 2.79. The highest BCUT2D eigenvalue weighted by atomic mass is 16.5. The average molecular weight is 730 g/mol. The number of aromatic nitrogens is 4. The zero-order valence-corrected chi connectivity index (χ0v) is 30.9. The Morgan fingerprint density at radius 2 is 1.57 bits per heavy atom. The van der Waals surface area contributed by atoms with E-state index in [1.807, 2.05) is 12.1 Å². The van der Waals surface area contributed by atoms with Crippen molar-refractivity contribution in [3.05, 3.63) is 108 Å². The van der Waals surface area contributed by atoms with Gasteiger partial charge in [0.1, 0.15) is 11.9 Å². The number of aromatic amines is 2. The molecule has 2 unspecified atom stereocenters. The van der Waals surface area contributed by atoms with Gasteiger partial charge in [-0.3, -0.25) is 14.6 Å². The summed E-state index contributed by atoms with van der Waals surface area (Å²) in [7, 11) is 2.77. The highest BCUT2D eigenvalue weighted by Gasteiger charge is 2.39. The molecule has 1 aliphatic heterocycles. The van der Waals surface area contributed by atoms with Gasteiger partial charge in [0.05, 0.1) is 31.1 Å². The van der Waals surface area contributed by atoms with Crippen LogP contribution in [-0.4, -0.2) is 75.7 Å². The molecule has 280 valence electrons. The molecule has 1 saturated heterocycles. The highest BCUT2D eigenvalue weighted by molar-refractivity contribution is 5.87. The van der Waals surface area contributed by atoms with Crippen LogP contribution in [0.3, 0.4) is 0 Å². The van der Waals surface area contributed by atoms with Crippen molar-refractivity contribution >= 4 is 17.9 Å². The van der Waals surface area contributed by atoms with Crippen LogP contribution in [0.2, 0.25) is 0 Å². The molecule has 3 aromatic heterocycles. The van der Waals surface area contributed by atoms with E-state index in [1.165, 1.54) is 14.2 Å². The van der Waals surface area contributed by atoms with Crippen LogP contribution in [0.25, 0.3) is 33.6 Å². The quantitative estimate of drug-likeness (QED) is 0.111. The van der Waals surface area contributed by atoms with Gasteiger partial charge in [-0.2, -0.15) is 0 Å². The van der Waals surface area contributed by atoms with Gasteiger partial charge in [0.25, 0.3) is 0 Å². The summed E-state index contributed by atoms with van der Waals surface area (Å²) < 4.78 is 10.1. The summed E-state index contributed by atoms with van der Waals surface area (Å²) in [4.78, 5) is 56.4. The third-order valence-electron chi connectivity index (χ3n) is 10.9. The third-order valence-corrected chi connectivity index (χ3v) is 10.9. The number of imidazole rings is 1. The maximum Gasteiger partial charge on any atom is 0.407 e. The molecule has 5 aromatic rings. The number of rotatable bonds is 12. The summed E-state index contributed by atoms with van der Waals surface area (Å²) in [6, 6.07) is 23.8. The molecular weight excluding hydrogens is 683 g/mol. The second kappa shape index (κ2) is 16.5. The molecule has 1 aliphatic carbocycles. The Morgan fingerprint density at radius 1 is 0.852 bits per heavy atom. The lowest BCUT2D eigenvalue weighted by Gasteiger charge is -2.30. The summed E-state index contributed by atoms with van der Waals surface area (Å²) in [5, 5.41) is 5.75. The molecule has 0 spiro atoms. The second-order valence-corrected chi connectivity index (χ2v) is 14.1. The normalized spacial score (nSPS) is 19.3. The molecule has 2 fully saturated rings. The number of H-pyrrole nitrogens is 2. The Morgan fingerprint density at radius 3 is 2.26 bits per heavy atom. The predicted molar refractivity (Wildman–Crippen MR) is 205 cm³/mol. The average Bonchev–Trinajstić information content (AvgIpc) is 4.06. The topological polar surface area (TPSA) is 154 Å². The van der Waals surface area contributed by atoms with Crippen LogP contribution in [0.4, 0.5) is 4.79 Å². The van der Waals surface area contributed by atoms with Gasteiger partial charge in [-0.1, -0.05) is 61.0 Å². The maximum absolute atomic E-state index is 13.6. The SMILES string of the molecule is COC(=O)N[C@H](C(=O)N1CCC[C@H]1c1ncc(-c2ccc(-c3ccc(-c4ccc(C5CCCC5C(=O)NCc5cccnc5)[nH]4)cc3)cc2)[nH]1)[C@@H](C)OC. The Balaban J connectivity index is 0.982. The number of carbonyl (C=O) groups excluding carboxylic acids is 3. The van der Waals surface area contributed by atoms with Gasteiger partial charge in [-0.25, -0.2) is 9.78 Å². The smallest absolute Gasteiger partial charge is 0.407 e. The van der Waals surface area contributed by atoms with Crippen molar-refractivity contribution in [1.29, 1.82) is 0 Å². The van der Waals surface area contributed by atoms with E-state index in [2.05, 4.69) is 91.2 Å². The number of amides is 3. The number of alkyl carbamates (subject to hydrolysis) is 1. The number of hydrogen-bond donors (Lipinski definition) is 4. The number of methoxy groups -OCH3 is 2. The van der Waals surface area contributed by atoms with Crippen LogP contribution in [0.1, 0.15) is 68.1 Å². The lowest BCUT2D eigenvalue weighted by atomic mass is 9.92. The van der Waals surface area contributed by atoms with Crippen LogP contribution < -0.4 is 10.6 Å². The largest absolute Gasteiger partial charge is 0.453 e. The number of likely N-dealkylation sites (tertiary alicyclic amines) is 1. The minimum atomic E-state index is -0.882. The Kier molecular flexibility index (Phi) is 11.2. The van der Waals surface area contributed by atoms with E-state index >= 15 is 0 Å². The van der Waals surface area contributed by atoms with E-state index in [0.29, 0.717) is 18.9 Å². The van der Waals surface area contributed by atoms with Gasteiger partial charge in [0, 0.05) is 55.8 Å². The number of pyridine rings is 1. The van der Waals surface area contributed by atoms with E-state index in [9.17, 15) is 14.4 Å². The molecule has 12 nitrogen and oxygen atoms in total. The maximum atomic E-state index is 13.6. The van der Waals surface area contributed by atoms with Gasteiger partial charge in [0.2, 0.25) is 11.8 Å². The Hall–Kier alpha value is -5.75. The van der Waals surface area contributed by atoms with Gasteiger partial charge in [0.15, 0.2) is 0 Å². The van der Waals surface area contributed by atoms with E-state index in [4.69, 9.17) is 9.47 Å². The molecule has 3 amide bonds. The highest BCUT2D eigenvalue weighted by Crippen LogP contribution is 2.40. The van der Waals surface area contributed by atoms with Crippen molar-refractivity contribution < 1.29 is 23.9 Å². The fraction of sp³-hybridized carbons (Fsp3) is 0.357. The predicted octanol–water partition coefficient (Wildman–Crippen LogP) is 6.76. The molecule has 0 bridgehead atoms. The van der Waals surface area contributed by atoms with Crippen molar-refractivity contribution in [2.45, 2.75) is 69.7 Å². The van der Waals surface area contributed by atoms with E-state index in [-0.39, 0.29) is 29.7 Å². The molecule has 54 heavy (non-hydrogen) atoms. The summed E-state index contributed by atoms with van der Waals surface area (Å²) in [6.07, 6.45) is 8.59. The van der Waals surface area contributed by atoms with E-state index < -0.39 is 18.2 Å². The van der Waals surface area contributed by atoms with Crippen LogP contribution in [0, 0.1) is 5.92 Å². The number of hydrogen-bond acceptors (Lipinski definition) is 7. The number of nitrogens with one attached hydrogen (secondary N) is 4. The molecule has 7 rings (SSSR count). The molecule has 0 radical (unpaired) electrons. The number of ether oxygens (including phenoxy) is 2. The first-order valence-electron chi connectivity index (χ1n) is 18.6. The summed E-state index contributed by atoms with van der Waals surface area (Å²) in [5.74, 6) is 0.696. The molecule has 2 aliphatic rings. The lowest BCUT2D eigenvalue weighted by Crippen LogP contribution is -2.54. The van der Waals surface area contributed by atoms with Crippen molar-refractivity contribution in [2.24, 2.45) is 5.92 Å². The molecule has 1 saturated carbocycles. The molecule has 12 heteroatoms. The first-order chi connectivity index (χ1) is 26.3. The van der Waals surface area contributed by atoms with E-state index in [1.54, 1.807) is 30.4 Å². The Labute approximate surface area is 315 Å². The summed E-state index contributed by atoms with van der Waals surface area (Å²) >= 11 is 0. The number of nitrogens with zero attached hydrogens (tertiary/aromatic N) is 3. The molecule has 2 aromatic carbocycles. The Bertz CT molecular complexity index is 2040. The van der Waals surface area contributed by atoms with Crippen molar-refractivity contribution in [2.75, 3.05) is 20.8 Å². The molecular formula is C42H47N7O5. The first-order valence-corrected chi connectivity index (χ1v) is 18.6. The van der Waals surface area contributed by atoms with Crippen LogP contribution in [0.5, 0.6) is 0 Å². The van der Waals surface area contributed by atoms with Crippen LogP contribution >= 0.6 is 0 Å². The van der Waals surface area contributed by atoms with Gasteiger partial charge in [-0.15, -0.1) is 0 Å². The second-order valence-electron chi connectivity index (χ2n) is 14.1. The van der Waals surface area contributed by atoms with Gasteiger partial charge in [-0.05, 0) is 78.6 Å². The lowest BCUT2D eigenvalue weighted by molar-refractivity contribution is -0.137. The monoisotopic (exact) mass is 729 g/mol. The minimum absolute atomic E-state index is 0.0481. The van der Waals surface area contributed by atoms with Crippen LogP contribution in [-0.2, 0) is 25.6 Å². The molecule has 4 N–H and O–H groups in total. The van der Waals surface area contributed by atoms with Crippen molar-refractivity contribution in [3.8, 4) is 33.6 Å². The fourth-order valence-electron chi connectivity index (χ4n) is 7.80. The fourth-order valence-corrected chi connectivity index (χ4v) is 7.80. The third kappa shape index (κ3) is 7.93. The van der Waals surface area contributed by atoms with Crippen molar-refractivity contribution in [1.82, 2.24) is 35.5 Å². The molecule has 4 heterocycles. The van der Waals surface area contributed by atoms with E-state index in [0.717, 1.165) is 77.0 Å². The van der Waals surface area contributed by atoms with Crippen molar-refractivity contribution in [3.63, 3.8) is 0 Å². The van der Waals surface area contributed by atoms with Crippen LogP contribution in [0.15, 0.2) is 91.4 Å². The number of carbonyl (C=O) groups is 3. The summed E-state index contributed by atoms with van der Waals surface area (Å²) in [5.41, 5.74) is 8.27. The molecule has 5 atom stereocenters.